The average molecular weight is 275 g/mol. The molecule has 1 N–H and O–H groups in total. The summed E-state index contributed by atoms with van der Waals surface area (Å²) in [7, 11) is 0. The van der Waals surface area contributed by atoms with Crippen molar-refractivity contribution < 1.29 is 4.79 Å². The zero-order valence-electron chi connectivity index (χ0n) is 11.3. The van der Waals surface area contributed by atoms with Crippen LogP contribution in [0.25, 0.3) is 0 Å². The highest BCUT2D eigenvalue weighted by Gasteiger charge is 2.31. The number of rotatable bonds is 2. The first-order valence-electron chi connectivity index (χ1n) is 6.49. The van der Waals surface area contributed by atoms with Crippen LogP contribution in [0, 0.1) is 6.92 Å². The molecule has 2 aromatic heterocycles. The third-order valence-electron chi connectivity index (χ3n) is 3.55. The van der Waals surface area contributed by atoms with E-state index in [2.05, 4.69) is 42.6 Å². The van der Waals surface area contributed by atoms with Gasteiger partial charge in [-0.15, -0.1) is 11.3 Å². The van der Waals surface area contributed by atoms with E-state index in [-0.39, 0.29) is 17.9 Å². The summed E-state index contributed by atoms with van der Waals surface area (Å²) in [6, 6.07) is 2.35. The maximum Gasteiger partial charge on any atom is 0.226 e. The summed E-state index contributed by atoms with van der Waals surface area (Å²) in [6.45, 7) is 6.24. The molecule has 0 saturated carbocycles. The fourth-order valence-electron chi connectivity index (χ4n) is 2.61. The lowest BCUT2D eigenvalue weighted by Gasteiger charge is -2.24. The van der Waals surface area contributed by atoms with Gasteiger partial charge in [0.15, 0.2) is 0 Å². The SMILES string of the molecule is Cc1ccsc1C1CC(=O)Nc2c1cnn2C(C)C. The third-order valence-corrected chi connectivity index (χ3v) is 4.69. The molecule has 0 saturated heterocycles. The Morgan fingerprint density at radius 3 is 2.95 bits per heavy atom. The van der Waals surface area contributed by atoms with Crippen LogP contribution in [-0.4, -0.2) is 15.7 Å². The van der Waals surface area contributed by atoms with Gasteiger partial charge in [0.25, 0.3) is 0 Å². The van der Waals surface area contributed by atoms with Crippen LogP contribution in [0.4, 0.5) is 5.82 Å². The maximum atomic E-state index is 12.0. The molecule has 1 amide bonds. The van der Waals surface area contributed by atoms with Gasteiger partial charge in [-0.2, -0.15) is 5.10 Å². The molecule has 1 unspecified atom stereocenters. The van der Waals surface area contributed by atoms with Crippen LogP contribution in [0.3, 0.4) is 0 Å². The maximum absolute atomic E-state index is 12.0. The van der Waals surface area contributed by atoms with Crippen LogP contribution in [0.1, 0.15) is 48.2 Å². The largest absolute Gasteiger partial charge is 0.311 e. The van der Waals surface area contributed by atoms with Crippen molar-refractivity contribution in [3.63, 3.8) is 0 Å². The van der Waals surface area contributed by atoms with Crippen molar-refractivity contribution in [1.82, 2.24) is 9.78 Å². The second-order valence-corrected chi connectivity index (χ2v) is 6.21. The van der Waals surface area contributed by atoms with Gasteiger partial charge in [-0.3, -0.25) is 4.79 Å². The number of carbonyl (C=O) groups is 1. The second-order valence-electron chi connectivity index (χ2n) is 5.26. The van der Waals surface area contributed by atoms with E-state index >= 15 is 0 Å². The highest BCUT2D eigenvalue weighted by atomic mass is 32.1. The van der Waals surface area contributed by atoms with Crippen LogP contribution in [0.2, 0.25) is 0 Å². The van der Waals surface area contributed by atoms with Gasteiger partial charge in [-0.05, 0) is 37.8 Å². The highest BCUT2D eigenvalue weighted by molar-refractivity contribution is 7.10. The summed E-state index contributed by atoms with van der Waals surface area (Å²) in [5.41, 5.74) is 2.40. The van der Waals surface area contributed by atoms with E-state index < -0.39 is 0 Å². The summed E-state index contributed by atoms with van der Waals surface area (Å²) in [5.74, 6) is 1.09. The van der Waals surface area contributed by atoms with Crippen molar-refractivity contribution in [3.05, 3.63) is 33.6 Å². The van der Waals surface area contributed by atoms with Gasteiger partial charge >= 0.3 is 0 Å². The number of nitrogens with one attached hydrogen (secondary N) is 1. The Morgan fingerprint density at radius 2 is 2.32 bits per heavy atom. The van der Waals surface area contributed by atoms with Crippen molar-refractivity contribution >= 4 is 23.1 Å². The summed E-state index contributed by atoms with van der Waals surface area (Å²) in [4.78, 5) is 13.2. The lowest BCUT2D eigenvalue weighted by atomic mass is 9.91. The van der Waals surface area contributed by atoms with Gasteiger partial charge in [-0.25, -0.2) is 4.68 Å². The first kappa shape index (κ1) is 12.4. The molecule has 0 bridgehead atoms. The second kappa shape index (κ2) is 4.49. The number of anilines is 1. The molecule has 100 valence electrons. The van der Waals surface area contributed by atoms with Crippen molar-refractivity contribution in [2.45, 2.75) is 39.2 Å². The number of aromatic nitrogens is 2. The lowest BCUT2D eigenvalue weighted by molar-refractivity contribution is -0.116. The molecule has 5 heteroatoms. The Hall–Kier alpha value is -1.62. The Bertz CT molecular complexity index is 626. The molecule has 3 rings (SSSR count). The van der Waals surface area contributed by atoms with E-state index in [9.17, 15) is 4.79 Å². The van der Waals surface area contributed by atoms with E-state index in [1.807, 2.05) is 10.9 Å². The molecule has 19 heavy (non-hydrogen) atoms. The van der Waals surface area contributed by atoms with Crippen LogP contribution in [0.5, 0.6) is 0 Å². The van der Waals surface area contributed by atoms with Gasteiger partial charge < -0.3 is 5.32 Å². The topological polar surface area (TPSA) is 46.9 Å². The smallest absolute Gasteiger partial charge is 0.226 e. The Labute approximate surface area is 116 Å². The molecule has 1 atom stereocenters. The number of carbonyl (C=O) groups excluding carboxylic acids is 1. The van der Waals surface area contributed by atoms with Gasteiger partial charge in [0.1, 0.15) is 5.82 Å². The molecule has 1 aliphatic heterocycles. The normalized spacial score (nSPS) is 18.5. The Balaban J connectivity index is 2.11. The first-order chi connectivity index (χ1) is 9.08. The molecule has 0 radical (unpaired) electrons. The minimum absolute atomic E-state index is 0.0766. The molecular formula is C14H17N3OS. The van der Waals surface area contributed by atoms with E-state index in [4.69, 9.17) is 0 Å². The summed E-state index contributed by atoms with van der Waals surface area (Å²) >= 11 is 1.72. The monoisotopic (exact) mass is 275 g/mol. The lowest BCUT2D eigenvalue weighted by Crippen LogP contribution is -2.25. The molecule has 0 aromatic carbocycles. The summed E-state index contributed by atoms with van der Waals surface area (Å²) in [6.07, 6.45) is 2.41. The van der Waals surface area contributed by atoms with Gasteiger partial charge in [0, 0.05) is 28.8 Å². The van der Waals surface area contributed by atoms with E-state index in [0.29, 0.717) is 6.42 Å². The molecule has 4 nitrogen and oxygen atoms in total. The van der Waals surface area contributed by atoms with Crippen molar-refractivity contribution in [2.24, 2.45) is 0 Å². The number of amides is 1. The summed E-state index contributed by atoms with van der Waals surface area (Å²) in [5, 5.41) is 9.48. The summed E-state index contributed by atoms with van der Waals surface area (Å²) < 4.78 is 1.89. The average Bonchev–Trinajstić information content (AvgIpc) is 2.93. The molecule has 0 aliphatic carbocycles. The minimum atomic E-state index is 0.0766. The van der Waals surface area contributed by atoms with Gasteiger partial charge in [0.2, 0.25) is 5.91 Å². The third kappa shape index (κ3) is 1.98. The Morgan fingerprint density at radius 1 is 1.53 bits per heavy atom. The fraction of sp³-hybridized carbons (Fsp3) is 0.429. The quantitative estimate of drug-likeness (QED) is 0.914. The molecule has 3 heterocycles. The van der Waals surface area contributed by atoms with E-state index in [0.717, 1.165) is 11.4 Å². The molecule has 2 aromatic rings. The van der Waals surface area contributed by atoms with Crippen LogP contribution < -0.4 is 5.32 Å². The molecular weight excluding hydrogens is 258 g/mol. The number of hydrogen-bond acceptors (Lipinski definition) is 3. The number of hydrogen-bond donors (Lipinski definition) is 1. The number of aryl methyl sites for hydroxylation is 1. The number of thiophene rings is 1. The van der Waals surface area contributed by atoms with Crippen LogP contribution >= 0.6 is 11.3 Å². The standard InChI is InChI=1S/C14H17N3OS/c1-8(2)17-14-11(7-15-17)10(6-12(18)16-14)13-9(3)4-5-19-13/h4-5,7-8,10H,6H2,1-3H3,(H,16,18). The molecule has 0 fully saturated rings. The van der Waals surface area contributed by atoms with Crippen LogP contribution in [0.15, 0.2) is 17.6 Å². The minimum Gasteiger partial charge on any atom is -0.311 e. The highest BCUT2D eigenvalue weighted by Crippen LogP contribution is 2.40. The molecule has 1 aliphatic rings. The Kier molecular flexibility index (Phi) is 2.93. The van der Waals surface area contributed by atoms with Crippen molar-refractivity contribution in [3.8, 4) is 0 Å². The number of fused-ring (bicyclic) bond motifs is 1. The van der Waals surface area contributed by atoms with Crippen LogP contribution in [-0.2, 0) is 4.79 Å². The van der Waals surface area contributed by atoms with E-state index in [1.165, 1.54) is 10.4 Å². The zero-order chi connectivity index (χ0) is 13.6. The predicted molar refractivity (Wildman–Crippen MR) is 76.8 cm³/mol. The first-order valence-corrected chi connectivity index (χ1v) is 7.37. The van der Waals surface area contributed by atoms with Crippen molar-refractivity contribution in [2.75, 3.05) is 5.32 Å². The van der Waals surface area contributed by atoms with Crippen molar-refractivity contribution in [1.29, 1.82) is 0 Å². The fourth-order valence-corrected chi connectivity index (χ4v) is 3.65. The van der Waals surface area contributed by atoms with E-state index in [1.54, 1.807) is 11.3 Å². The van der Waals surface area contributed by atoms with Gasteiger partial charge in [0.05, 0.1) is 6.20 Å². The van der Waals surface area contributed by atoms with Gasteiger partial charge in [-0.1, -0.05) is 0 Å². The predicted octanol–water partition coefficient (Wildman–Crippen LogP) is 3.31. The molecule has 0 spiro atoms. The zero-order valence-corrected chi connectivity index (χ0v) is 12.1. The number of nitrogens with zero attached hydrogens (tertiary/aromatic N) is 2.